The van der Waals surface area contributed by atoms with Crippen LogP contribution in [0.15, 0.2) is 30.3 Å². The molecule has 1 fully saturated rings. The summed E-state index contributed by atoms with van der Waals surface area (Å²) < 4.78 is 5.34. The van der Waals surface area contributed by atoms with Crippen LogP contribution in [0.3, 0.4) is 0 Å². The standard InChI is InChI=1S/C18H20BN3O3/c1-18(2,3)25-17(24)22-9-11(10-22)14-6-7-15(21-20-14)13-5-4-12(19)8-16(13)23/h4-8,11,23H,9-10H2,1-3H3. The summed E-state index contributed by atoms with van der Waals surface area (Å²) in [6.45, 7) is 6.67. The zero-order valence-corrected chi connectivity index (χ0v) is 14.6. The summed E-state index contributed by atoms with van der Waals surface area (Å²) in [7, 11) is 5.63. The molecule has 1 aliphatic heterocycles. The van der Waals surface area contributed by atoms with Crippen molar-refractivity contribution in [3.63, 3.8) is 0 Å². The van der Waals surface area contributed by atoms with Crippen molar-refractivity contribution in [2.75, 3.05) is 13.1 Å². The molecular formula is C18H20BN3O3. The molecule has 2 radical (unpaired) electrons. The van der Waals surface area contributed by atoms with E-state index in [1.54, 1.807) is 17.0 Å². The summed E-state index contributed by atoms with van der Waals surface area (Å²) in [5, 5.41) is 18.4. The smallest absolute Gasteiger partial charge is 0.410 e. The lowest BCUT2D eigenvalue weighted by Crippen LogP contribution is -2.50. The van der Waals surface area contributed by atoms with E-state index in [1.165, 1.54) is 6.07 Å². The van der Waals surface area contributed by atoms with Gasteiger partial charge in [0.1, 0.15) is 19.2 Å². The van der Waals surface area contributed by atoms with Crippen molar-refractivity contribution in [3.8, 4) is 17.0 Å². The molecule has 1 saturated heterocycles. The van der Waals surface area contributed by atoms with Gasteiger partial charge in [0.25, 0.3) is 0 Å². The molecule has 0 bridgehead atoms. The van der Waals surface area contributed by atoms with Crippen LogP contribution in [-0.2, 0) is 4.74 Å². The molecule has 128 valence electrons. The van der Waals surface area contributed by atoms with Crippen molar-refractivity contribution in [1.82, 2.24) is 15.1 Å². The molecule has 1 amide bonds. The Morgan fingerprint density at radius 2 is 1.96 bits per heavy atom. The molecule has 1 aromatic carbocycles. The van der Waals surface area contributed by atoms with Crippen molar-refractivity contribution < 1.29 is 14.6 Å². The van der Waals surface area contributed by atoms with E-state index in [-0.39, 0.29) is 17.8 Å². The molecule has 0 aliphatic carbocycles. The van der Waals surface area contributed by atoms with Crippen LogP contribution in [0.4, 0.5) is 4.79 Å². The molecule has 1 N–H and O–H groups in total. The van der Waals surface area contributed by atoms with Crippen LogP contribution < -0.4 is 5.46 Å². The number of aromatic nitrogens is 2. The van der Waals surface area contributed by atoms with Crippen LogP contribution in [0.25, 0.3) is 11.3 Å². The number of hydrogen-bond donors (Lipinski definition) is 1. The lowest BCUT2D eigenvalue weighted by atomic mass is 9.93. The van der Waals surface area contributed by atoms with Gasteiger partial charge < -0.3 is 14.7 Å². The van der Waals surface area contributed by atoms with Gasteiger partial charge in [0, 0.05) is 24.6 Å². The van der Waals surface area contributed by atoms with E-state index < -0.39 is 5.60 Å². The first kappa shape index (κ1) is 17.3. The molecule has 0 spiro atoms. The maximum atomic E-state index is 12.0. The van der Waals surface area contributed by atoms with E-state index in [1.807, 2.05) is 32.9 Å². The lowest BCUT2D eigenvalue weighted by molar-refractivity contribution is 0.00780. The number of likely N-dealkylation sites (tertiary alicyclic amines) is 1. The van der Waals surface area contributed by atoms with Crippen LogP contribution in [0.1, 0.15) is 32.4 Å². The number of carbonyl (C=O) groups is 1. The second-order valence-electron chi connectivity index (χ2n) is 7.20. The summed E-state index contributed by atoms with van der Waals surface area (Å²) in [5.74, 6) is 0.218. The lowest BCUT2D eigenvalue weighted by Gasteiger charge is -2.39. The topological polar surface area (TPSA) is 75.6 Å². The first-order valence-corrected chi connectivity index (χ1v) is 8.13. The van der Waals surface area contributed by atoms with Crippen molar-refractivity contribution in [2.45, 2.75) is 32.3 Å². The van der Waals surface area contributed by atoms with Crippen LogP contribution >= 0.6 is 0 Å². The van der Waals surface area contributed by atoms with Crippen LogP contribution in [-0.4, -0.2) is 52.8 Å². The van der Waals surface area contributed by atoms with Gasteiger partial charge in [-0.15, -0.1) is 0 Å². The zero-order valence-electron chi connectivity index (χ0n) is 14.6. The van der Waals surface area contributed by atoms with Gasteiger partial charge in [-0.1, -0.05) is 11.5 Å². The van der Waals surface area contributed by atoms with E-state index in [4.69, 9.17) is 12.6 Å². The summed E-state index contributed by atoms with van der Waals surface area (Å²) in [5.41, 5.74) is 1.97. The molecule has 2 heterocycles. The molecule has 3 rings (SSSR count). The Labute approximate surface area is 148 Å². The minimum atomic E-state index is -0.495. The Morgan fingerprint density at radius 3 is 2.52 bits per heavy atom. The van der Waals surface area contributed by atoms with E-state index in [0.29, 0.717) is 29.8 Å². The fourth-order valence-electron chi connectivity index (χ4n) is 2.61. The zero-order chi connectivity index (χ0) is 18.2. The van der Waals surface area contributed by atoms with Gasteiger partial charge in [0.2, 0.25) is 0 Å². The Hall–Kier alpha value is -2.57. The molecule has 0 saturated carbocycles. The molecule has 6 nitrogen and oxygen atoms in total. The highest BCUT2D eigenvalue weighted by Gasteiger charge is 2.35. The molecule has 2 aromatic rings. The molecule has 0 atom stereocenters. The fourth-order valence-corrected chi connectivity index (χ4v) is 2.61. The summed E-state index contributed by atoms with van der Waals surface area (Å²) >= 11 is 0. The molecule has 1 aromatic heterocycles. The van der Waals surface area contributed by atoms with Gasteiger partial charge >= 0.3 is 6.09 Å². The Bertz CT molecular complexity index is 781. The van der Waals surface area contributed by atoms with Crippen LogP contribution in [0.2, 0.25) is 0 Å². The predicted octanol–water partition coefficient (Wildman–Crippen LogP) is 1.98. The van der Waals surface area contributed by atoms with Gasteiger partial charge in [-0.3, -0.25) is 0 Å². The van der Waals surface area contributed by atoms with Gasteiger partial charge in [0.15, 0.2) is 0 Å². The van der Waals surface area contributed by atoms with E-state index >= 15 is 0 Å². The van der Waals surface area contributed by atoms with Gasteiger partial charge in [-0.2, -0.15) is 10.2 Å². The fraction of sp³-hybridized carbons (Fsp3) is 0.389. The maximum absolute atomic E-state index is 12.0. The first-order chi connectivity index (χ1) is 11.7. The monoisotopic (exact) mass is 337 g/mol. The van der Waals surface area contributed by atoms with E-state index in [0.717, 1.165) is 5.69 Å². The summed E-state index contributed by atoms with van der Waals surface area (Å²) in [4.78, 5) is 13.6. The number of hydrogen-bond acceptors (Lipinski definition) is 5. The number of amides is 1. The van der Waals surface area contributed by atoms with Gasteiger partial charge in [-0.25, -0.2) is 4.79 Å². The Balaban J connectivity index is 1.64. The van der Waals surface area contributed by atoms with Crippen molar-refractivity contribution >= 4 is 19.4 Å². The third-order valence-electron chi connectivity index (χ3n) is 3.93. The largest absolute Gasteiger partial charge is 0.507 e. The first-order valence-electron chi connectivity index (χ1n) is 8.13. The van der Waals surface area contributed by atoms with Crippen molar-refractivity contribution in [3.05, 3.63) is 36.0 Å². The number of ether oxygens (including phenoxy) is 1. The quantitative estimate of drug-likeness (QED) is 0.848. The van der Waals surface area contributed by atoms with E-state index in [2.05, 4.69) is 10.2 Å². The maximum Gasteiger partial charge on any atom is 0.410 e. The number of rotatable bonds is 2. The average Bonchev–Trinajstić information content (AvgIpc) is 2.45. The predicted molar refractivity (Wildman–Crippen MR) is 95.1 cm³/mol. The second-order valence-corrected chi connectivity index (χ2v) is 7.20. The number of phenolic OH excluding ortho intramolecular Hbond substituents is 1. The van der Waals surface area contributed by atoms with Gasteiger partial charge in [-0.05, 0) is 45.0 Å². The van der Waals surface area contributed by atoms with E-state index in [9.17, 15) is 9.90 Å². The minimum absolute atomic E-state index is 0.0711. The Kier molecular flexibility index (Phi) is 4.41. The van der Waals surface area contributed by atoms with Crippen molar-refractivity contribution in [1.29, 1.82) is 0 Å². The molecule has 25 heavy (non-hydrogen) atoms. The normalized spacial score (nSPS) is 14.9. The molecule has 1 aliphatic rings. The summed E-state index contributed by atoms with van der Waals surface area (Å²) in [6.07, 6.45) is -0.305. The third kappa shape index (κ3) is 3.92. The second kappa shape index (κ2) is 6.39. The highest BCUT2D eigenvalue weighted by Crippen LogP contribution is 2.29. The third-order valence-corrected chi connectivity index (χ3v) is 3.93. The minimum Gasteiger partial charge on any atom is -0.507 e. The number of carbonyl (C=O) groups excluding carboxylic acids is 1. The Morgan fingerprint density at radius 1 is 1.24 bits per heavy atom. The number of phenols is 1. The average molecular weight is 337 g/mol. The number of aromatic hydroxyl groups is 1. The van der Waals surface area contributed by atoms with Crippen LogP contribution in [0.5, 0.6) is 5.75 Å². The molecular weight excluding hydrogens is 317 g/mol. The van der Waals surface area contributed by atoms with Crippen LogP contribution in [0, 0.1) is 0 Å². The summed E-state index contributed by atoms with van der Waals surface area (Å²) in [6, 6.07) is 8.58. The molecule has 7 heteroatoms. The SMILES string of the molecule is [B]c1ccc(-c2ccc(C3CN(C(=O)OC(C)(C)C)C3)nn2)c(O)c1. The highest BCUT2D eigenvalue weighted by molar-refractivity contribution is 6.32. The molecule has 0 unspecified atom stereocenters. The number of nitrogens with zero attached hydrogens (tertiary/aromatic N) is 3. The van der Waals surface area contributed by atoms with Crippen molar-refractivity contribution in [2.24, 2.45) is 0 Å². The highest BCUT2D eigenvalue weighted by atomic mass is 16.6. The van der Waals surface area contributed by atoms with Gasteiger partial charge in [0.05, 0.1) is 11.4 Å². The number of benzene rings is 1.